The van der Waals surface area contributed by atoms with Crippen LogP contribution in [0.3, 0.4) is 0 Å². The monoisotopic (exact) mass is 445 g/mol. The zero-order valence-corrected chi connectivity index (χ0v) is 17.2. The van der Waals surface area contributed by atoms with Gasteiger partial charge < -0.3 is 5.32 Å². The van der Waals surface area contributed by atoms with E-state index in [4.69, 9.17) is 11.6 Å². The minimum Gasteiger partial charge on any atom is -0.322 e. The Balaban J connectivity index is 1.76. The van der Waals surface area contributed by atoms with Crippen LogP contribution in [-0.2, 0) is 10.0 Å². The van der Waals surface area contributed by atoms with E-state index in [0.717, 1.165) is 6.07 Å². The van der Waals surface area contributed by atoms with Crippen LogP contribution < -0.4 is 10.0 Å². The first kappa shape index (κ1) is 21.3. The first-order chi connectivity index (χ1) is 14.2. The number of non-ortho nitro benzene ring substituents is 1. The molecule has 3 aromatic carbocycles. The standard InChI is InChI=1S/C20H16ClN3O5S/c1-13-18(21)6-3-7-19(13)23-30(28,29)17-10-8-15(9-11-17)22-20(25)14-4-2-5-16(12-14)24(26)27/h2-12,23H,1H3,(H,22,25). The summed E-state index contributed by atoms with van der Waals surface area (Å²) in [6, 6.07) is 15.7. The summed E-state index contributed by atoms with van der Waals surface area (Å²) in [5, 5.41) is 13.9. The lowest BCUT2D eigenvalue weighted by Crippen LogP contribution is -2.15. The van der Waals surface area contributed by atoms with Crippen molar-refractivity contribution in [3.63, 3.8) is 0 Å². The zero-order chi connectivity index (χ0) is 21.9. The van der Waals surface area contributed by atoms with E-state index in [0.29, 0.717) is 22.0 Å². The molecule has 0 bridgehead atoms. The lowest BCUT2D eigenvalue weighted by molar-refractivity contribution is -0.384. The predicted octanol–water partition coefficient (Wildman–Crippen LogP) is 4.61. The molecule has 10 heteroatoms. The van der Waals surface area contributed by atoms with Gasteiger partial charge in [-0.3, -0.25) is 19.6 Å². The number of hydrogen-bond acceptors (Lipinski definition) is 5. The van der Waals surface area contributed by atoms with Crippen LogP contribution in [0.2, 0.25) is 5.02 Å². The average Bonchev–Trinajstić information content (AvgIpc) is 2.72. The molecular formula is C20H16ClN3O5S. The molecule has 0 aliphatic carbocycles. The molecule has 0 radical (unpaired) electrons. The summed E-state index contributed by atoms with van der Waals surface area (Å²) in [5.74, 6) is -0.554. The van der Waals surface area contributed by atoms with Crippen molar-refractivity contribution >= 4 is 44.6 Å². The second kappa shape index (κ2) is 8.52. The highest BCUT2D eigenvalue weighted by Gasteiger charge is 2.17. The van der Waals surface area contributed by atoms with Gasteiger partial charge in [-0.2, -0.15) is 0 Å². The molecule has 2 N–H and O–H groups in total. The highest BCUT2D eigenvalue weighted by atomic mass is 35.5. The Morgan fingerprint density at radius 2 is 1.70 bits per heavy atom. The van der Waals surface area contributed by atoms with Crippen LogP contribution in [0, 0.1) is 17.0 Å². The first-order valence-electron chi connectivity index (χ1n) is 8.61. The Morgan fingerprint density at radius 1 is 1.03 bits per heavy atom. The van der Waals surface area contributed by atoms with Gasteiger partial charge in [-0.1, -0.05) is 23.7 Å². The molecule has 0 saturated heterocycles. The number of rotatable bonds is 6. The third-order valence-electron chi connectivity index (χ3n) is 4.25. The van der Waals surface area contributed by atoms with E-state index in [-0.39, 0.29) is 16.1 Å². The largest absolute Gasteiger partial charge is 0.322 e. The van der Waals surface area contributed by atoms with Crippen molar-refractivity contribution in [3.8, 4) is 0 Å². The molecule has 0 fully saturated rings. The Hall–Kier alpha value is -3.43. The molecule has 3 rings (SSSR count). The fourth-order valence-corrected chi connectivity index (χ4v) is 3.90. The van der Waals surface area contributed by atoms with E-state index in [1.54, 1.807) is 25.1 Å². The molecule has 0 saturated carbocycles. The van der Waals surface area contributed by atoms with Gasteiger partial charge >= 0.3 is 0 Å². The summed E-state index contributed by atoms with van der Waals surface area (Å²) in [6.07, 6.45) is 0. The van der Waals surface area contributed by atoms with Crippen molar-refractivity contribution in [1.29, 1.82) is 0 Å². The first-order valence-corrected chi connectivity index (χ1v) is 10.5. The van der Waals surface area contributed by atoms with Crippen molar-refractivity contribution in [1.82, 2.24) is 0 Å². The van der Waals surface area contributed by atoms with Crippen molar-refractivity contribution in [3.05, 3.63) is 93.0 Å². The molecule has 0 aliphatic rings. The van der Waals surface area contributed by atoms with E-state index in [2.05, 4.69) is 10.0 Å². The van der Waals surface area contributed by atoms with Gasteiger partial charge in [0.25, 0.3) is 21.6 Å². The smallest absolute Gasteiger partial charge is 0.270 e. The van der Waals surface area contributed by atoms with E-state index in [9.17, 15) is 23.3 Å². The second-order valence-electron chi connectivity index (χ2n) is 6.30. The number of sulfonamides is 1. The van der Waals surface area contributed by atoms with Gasteiger partial charge in [0.05, 0.1) is 15.5 Å². The van der Waals surface area contributed by atoms with Gasteiger partial charge in [0.2, 0.25) is 0 Å². The van der Waals surface area contributed by atoms with E-state index < -0.39 is 20.9 Å². The van der Waals surface area contributed by atoms with Crippen LogP contribution >= 0.6 is 11.6 Å². The van der Waals surface area contributed by atoms with Crippen LogP contribution in [0.15, 0.2) is 71.6 Å². The van der Waals surface area contributed by atoms with Gasteiger partial charge in [0, 0.05) is 28.4 Å². The van der Waals surface area contributed by atoms with Crippen LogP contribution in [0.5, 0.6) is 0 Å². The average molecular weight is 446 g/mol. The second-order valence-corrected chi connectivity index (χ2v) is 8.39. The molecule has 0 spiro atoms. The highest BCUT2D eigenvalue weighted by molar-refractivity contribution is 7.92. The lowest BCUT2D eigenvalue weighted by atomic mass is 10.2. The summed E-state index contributed by atoms with van der Waals surface area (Å²) < 4.78 is 27.7. The predicted molar refractivity (Wildman–Crippen MR) is 114 cm³/mol. The Labute approximate surface area is 177 Å². The van der Waals surface area contributed by atoms with Gasteiger partial charge in [0.1, 0.15) is 0 Å². The van der Waals surface area contributed by atoms with Gasteiger partial charge in [0.15, 0.2) is 0 Å². The number of nitrogens with one attached hydrogen (secondary N) is 2. The number of nitro benzene ring substituents is 1. The summed E-state index contributed by atoms with van der Waals surface area (Å²) in [5.41, 5.74) is 1.21. The quantitative estimate of drug-likeness (QED) is 0.424. The topological polar surface area (TPSA) is 118 Å². The van der Waals surface area contributed by atoms with Gasteiger partial charge in [-0.05, 0) is 55.0 Å². The third kappa shape index (κ3) is 4.76. The molecule has 0 heterocycles. The molecule has 154 valence electrons. The fraction of sp³-hybridized carbons (Fsp3) is 0.0500. The van der Waals surface area contributed by atoms with E-state index >= 15 is 0 Å². The molecule has 0 aliphatic heterocycles. The number of benzene rings is 3. The van der Waals surface area contributed by atoms with Crippen LogP contribution in [-0.4, -0.2) is 19.2 Å². The minimum atomic E-state index is -3.86. The molecule has 0 unspecified atom stereocenters. The maximum Gasteiger partial charge on any atom is 0.270 e. The number of nitro groups is 1. The summed E-state index contributed by atoms with van der Waals surface area (Å²) in [6.45, 7) is 1.70. The Morgan fingerprint density at radius 3 is 2.37 bits per heavy atom. The molecule has 3 aromatic rings. The normalized spacial score (nSPS) is 11.0. The number of carbonyl (C=O) groups is 1. The maximum atomic E-state index is 12.6. The minimum absolute atomic E-state index is 0.00442. The summed E-state index contributed by atoms with van der Waals surface area (Å²) in [7, 11) is -3.86. The number of amides is 1. The Bertz CT molecular complexity index is 1230. The number of anilines is 2. The lowest BCUT2D eigenvalue weighted by Gasteiger charge is -2.12. The van der Waals surface area contributed by atoms with Crippen LogP contribution in [0.25, 0.3) is 0 Å². The maximum absolute atomic E-state index is 12.6. The molecule has 1 amide bonds. The Kier molecular flexibility index (Phi) is 6.04. The van der Waals surface area contributed by atoms with Gasteiger partial charge in [-0.25, -0.2) is 8.42 Å². The third-order valence-corrected chi connectivity index (χ3v) is 6.04. The number of hydrogen-bond donors (Lipinski definition) is 2. The number of nitrogens with zero attached hydrogens (tertiary/aromatic N) is 1. The van der Waals surface area contributed by atoms with Crippen molar-refractivity contribution in [2.75, 3.05) is 10.0 Å². The van der Waals surface area contributed by atoms with Crippen molar-refractivity contribution in [2.24, 2.45) is 0 Å². The SMILES string of the molecule is Cc1c(Cl)cccc1NS(=O)(=O)c1ccc(NC(=O)c2cccc([N+](=O)[O-])c2)cc1. The van der Waals surface area contributed by atoms with E-state index in [1.807, 2.05) is 0 Å². The van der Waals surface area contributed by atoms with Gasteiger partial charge in [-0.15, -0.1) is 0 Å². The molecular weight excluding hydrogens is 430 g/mol. The molecule has 30 heavy (non-hydrogen) atoms. The van der Waals surface area contributed by atoms with Crippen LogP contribution in [0.1, 0.15) is 15.9 Å². The number of halogens is 1. The zero-order valence-electron chi connectivity index (χ0n) is 15.6. The molecule has 0 atom stereocenters. The van der Waals surface area contributed by atoms with Crippen molar-refractivity contribution < 1.29 is 18.1 Å². The molecule has 8 nitrogen and oxygen atoms in total. The highest BCUT2D eigenvalue weighted by Crippen LogP contribution is 2.26. The van der Waals surface area contributed by atoms with Crippen molar-refractivity contribution in [2.45, 2.75) is 11.8 Å². The van der Waals surface area contributed by atoms with E-state index in [1.165, 1.54) is 42.5 Å². The molecule has 0 aromatic heterocycles. The summed E-state index contributed by atoms with van der Waals surface area (Å²) in [4.78, 5) is 22.5. The fourth-order valence-electron chi connectivity index (χ4n) is 2.60. The summed E-state index contributed by atoms with van der Waals surface area (Å²) >= 11 is 6.02. The number of carbonyl (C=O) groups excluding carboxylic acids is 1. The van der Waals surface area contributed by atoms with Crippen LogP contribution in [0.4, 0.5) is 17.1 Å².